The van der Waals surface area contributed by atoms with Gasteiger partial charge in [0.05, 0.1) is 0 Å². The fourth-order valence-corrected chi connectivity index (χ4v) is 2.08. The van der Waals surface area contributed by atoms with Crippen molar-refractivity contribution in [3.8, 4) is 11.1 Å². The van der Waals surface area contributed by atoms with Crippen LogP contribution in [0.15, 0.2) is 48.5 Å². The third kappa shape index (κ3) is 4.85. The highest BCUT2D eigenvalue weighted by molar-refractivity contribution is 5.76. The van der Waals surface area contributed by atoms with E-state index < -0.39 is 0 Å². The molecule has 0 spiro atoms. The van der Waals surface area contributed by atoms with Gasteiger partial charge in [0, 0.05) is 0 Å². The first kappa shape index (κ1) is 16.5. The summed E-state index contributed by atoms with van der Waals surface area (Å²) in [6.45, 7) is 12.8. The van der Waals surface area contributed by atoms with E-state index in [1.807, 2.05) is 13.8 Å². The van der Waals surface area contributed by atoms with Gasteiger partial charge in [-0.2, -0.15) is 0 Å². The van der Waals surface area contributed by atoms with Crippen molar-refractivity contribution >= 4 is 0 Å². The normalized spacial score (nSPS) is 11.3. The quantitative estimate of drug-likeness (QED) is 0.446. The van der Waals surface area contributed by atoms with E-state index in [4.69, 9.17) is 0 Å². The topological polar surface area (TPSA) is 0 Å². The maximum atomic E-state index is 2.22. The van der Waals surface area contributed by atoms with Gasteiger partial charge in [0.1, 0.15) is 0 Å². The summed E-state index contributed by atoms with van der Waals surface area (Å²) in [5, 5.41) is 0. The zero-order valence-corrected chi connectivity index (χ0v) is 13.8. The van der Waals surface area contributed by atoms with Crippen molar-refractivity contribution in [3.63, 3.8) is 0 Å². The van der Waals surface area contributed by atoms with Gasteiger partial charge in [0.2, 0.25) is 0 Å². The molecule has 0 unspecified atom stereocenters. The van der Waals surface area contributed by atoms with Crippen molar-refractivity contribution in [3.05, 3.63) is 59.7 Å². The van der Waals surface area contributed by atoms with Crippen molar-refractivity contribution in [1.82, 2.24) is 0 Å². The second-order valence-corrected chi connectivity index (χ2v) is 6.49. The van der Waals surface area contributed by atoms with Gasteiger partial charge in [-0.25, -0.2) is 0 Å². The largest absolute Gasteiger partial charge is 0.0683 e. The average Bonchev–Trinajstić information content (AvgIpc) is 2.78. The van der Waals surface area contributed by atoms with Gasteiger partial charge >= 0.3 is 0 Å². The molecule has 0 atom stereocenters. The minimum Gasteiger partial charge on any atom is -0.0683 e. The summed E-state index contributed by atoms with van der Waals surface area (Å²) >= 11 is 0. The van der Waals surface area contributed by atoms with Crippen molar-refractivity contribution in [2.24, 2.45) is 5.41 Å². The molecule has 1 aliphatic carbocycles. The van der Waals surface area contributed by atoms with Crippen LogP contribution in [0.4, 0.5) is 0 Å². The molecule has 3 rings (SSSR count). The van der Waals surface area contributed by atoms with Crippen molar-refractivity contribution in [2.75, 3.05) is 0 Å². The van der Waals surface area contributed by atoms with Crippen molar-refractivity contribution in [1.29, 1.82) is 0 Å². The summed E-state index contributed by atoms with van der Waals surface area (Å²) < 4.78 is 0. The van der Waals surface area contributed by atoms with E-state index in [0.29, 0.717) is 5.41 Å². The van der Waals surface area contributed by atoms with Crippen LogP contribution in [0, 0.1) is 5.41 Å². The molecule has 0 nitrogen and oxygen atoms in total. The molecule has 0 heterocycles. The second-order valence-electron chi connectivity index (χ2n) is 6.49. The monoisotopic (exact) mass is 268 g/mol. The summed E-state index contributed by atoms with van der Waals surface area (Å²) in [4.78, 5) is 0. The van der Waals surface area contributed by atoms with Crippen molar-refractivity contribution in [2.45, 2.75) is 48.0 Å². The first-order valence-corrected chi connectivity index (χ1v) is 7.61. The smallest absolute Gasteiger partial charge is 0.00135 e. The van der Waals surface area contributed by atoms with Crippen LogP contribution in [0.2, 0.25) is 0 Å². The zero-order valence-electron chi connectivity index (χ0n) is 13.8. The maximum absolute atomic E-state index is 2.22. The van der Waals surface area contributed by atoms with E-state index >= 15 is 0 Å². The van der Waals surface area contributed by atoms with Crippen LogP contribution in [0.25, 0.3) is 11.1 Å². The second kappa shape index (κ2) is 7.28. The lowest BCUT2D eigenvalue weighted by atomic mass is 10.0. The maximum Gasteiger partial charge on any atom is -0.00135 e. The Hall–Kier alpha value is -1.56. The molecule has 108 valence electrons. The molecule has 0 aromatic heterocycles. The van der Waals surface area contributed by atoms with Crippen LogP contribution >= 0.6 is 0 Å². The Kier molecular flexibility index (Phi) is 6.01. The molecular formula is C20H28. The van der Waals surface area contributed by atoms with Gasteiger partial charge in [0.25, 0.3) is 0 Å². The van der Waals surface area contributed by atoms with Gasteiger partial charge in [-0.05, 0) is 34.1 Å². The molecule has 0 bridgehead atoms. The minimum atomic E-state index is 0.500. The Bertz CT molecular complexity index is 480. The van der Waals surface area contributed by atoms with Crippen LogP contribution < -0.4 is 0 Å². The summed E-state index contributed by atoms with van der Waals surface area (Å²) in [5.41, 5.74) is 6.25. The van der Waals surface area contributed by atoms with Crippen LogP contribution in [-0.2, 0) is 6.42 Å². The Balaban J connectivity index is 0.000000247. The number of benzene rings is 2. The fraction of sp³-hybridized carbons (Fsp3) is 0.400. The highest BCUT2D eigenvalue weighted by Gasteiger charge is 2.15. The van der Waals surface area contributed by atoms with Crippen LogP contribution in [-0.4, -0.2) is 0 Å². The molecule has 2 aromatic rings. The molecule has 1 aliphatic rings. The summed E-state index contributed by atoms with van der Waals surface area (Å²) in [6.07, 6.45) is 1.10. The lowest BCUT2D eigenvalue weighted by Crippen LogP contribution is -1.93. The van der Waals surface area contributed by atoms with E-state index in [1.54, 1.807) is 0 Å². The highest BCUT2D eigenvalue weighted by Crippen LogP contribution is 2.35. The average molecular weight is 268 g/mol. The van der Waals surface area contributed by atoms with Gasteiger partial charge in [-0.3, -0.25) is 0 Å². The SMILES string of the molecule is CC.CC(C)(C)C.c1ccc2c(c1)Cc1ccccc1-2. The predicted molar refractivity (Wildman–Crippen MR) is 91.2 cm³/mol. The molecule has 0 saturated carbocycles. The Labute approximate surface area is 124 Å². The zero-order chi connectivity index (χ0) is 15.2. The number of rotatable bonds is 0. The van der Waals surface area contributed by atoms with Gasteiger partial charge in [-0.15, -0.1) is 0 Å². The predicted octanol–water partition coefficient (Wildman–Crippen LogP) is 6.34. The molecule has 0 radical (unpaired) electrons. The highest BCUT2D eigenvalue weighted by atomic mass is 14.2. The molecule has 0 fully saturated rings. The van der Waals surface area contributed by atoms with Crippen LogP contribution in [0.3, 0.4) is 0 Å². The molecular weight excluding hydrogens is 240 g/mol. The third-order valence-electron chi connectivity index (χ3n) is 2.71. The summed E-state index contributed by atoms with van der Waals surface area (Å²) in [5.74, 6) is 0. The molecule has 0 amide bonds. The number of fused-ring (bicyclic) bond motifs is 3. The van der Waals surface area contributed by atoms with Gasteiger partial charge < -0.3 is 0 Å². The molecule has 0 saturated heterocycles. The van der Waals surface area contributed by atoms with Gasteiger partial charge in [-0.1, -0.05) is 90.1 Å². The Morgan fingerprint density at radius 1 is 0.650 bits per heavy atom. The lowest BCUT2D eigenvalue weighted by Gasteiger charge is -2.05. The molecule has 0 heteroatoms. The van der Waals surface area contributed by atoms with E-state index in [-0.39, 0.29) is 0 Å². The van der Waals surface area contributed by atoms with Gasteiger partial charge in [0.15, 0.2) is 0 Å². The molecule has 20 heavy (non-hydrogen) atoms. The van der Waals surface area contributed by atoms with E-state index in [2.05, 4.69) is 76.2 Å². The summed E-state index contributed by atoms with van der Waals surface area (Å²) in [7, 11) is 0. The first-order chi connectivity index (χ1) is 9.45. The Morgan fingerprint density at radius 2 is 0.950 bits per heavy atom. The Morgan fingerprint density at radius 3 is 1.30 bits per heavy atom. The van der Waals surface area contributed by atoms with E-state index in [1.165, 1.54) is 22.3 Å². The van der Waals surface area contributed by atoms with E-state index in [9.17, 15) is 0 Å². The van der Waals surface area contributed by atoms with Crippen molar-refractivity contribution < 1.29 is 0 Å². The fourth-order valence-electron chi connectivity index (χ4n) is 2.08. The first-order valence-electron chi connectivity index (χ1n) is 7.61. The van der Waals surface area contributed by atoms with Crippen LogP contribution in [0.5, 0.6) is 0 Å². The minimum absolute atomic E-state index is 0.500. The van der Waals surface area contributed by atoms with E-state index in [0.717, 1.165) is 6.42 Å². The molecule has 0 aliphatic heterocycles. The molecule has 2 aromatic carbocycles. The number of hydrogen-bond donors (Lipinski definition) is 0. The summed E-state index contributed by atoms with van der Waals surface area (Å²) in [6, 6.07) is 17.3. The third-order valence-corrected chi connectivity index (χ3v) is 2.71. The van der Waals surface area contributed by atoms with Crippen LogP contribution in [0.1, 0.15) is 52.7 Å². The lowest BCUT2D eigenvalue weighted by molar-refractivity contribution is 0.469. The number of hydrogen-bond acceptors (Lipinski definition) is 0. The standard InChI is InChI=1S/C13H10.C5H12.C2H6/c1-3-7-12-10(5-1)9-11-6-2-4-8-13(11)12;1-5(2,3)4;1-2/h1-8H,9H2;1-4H3;1-2H3. The molecule has 0 N–H and O–H groups in total.